The number of ether oxygens (including phenoxy) is 2. The van der Waals surface area contributed by atoms with Crippen LogP contribution in [0.4, 0.5) is 10.8 Å². The van der Waals surface area contributed by atoms with Gasteiger partial charge in [-0.25, -0.2) is 10.4 Å². The maximum atomic E-state index is 12.6. The van der Waals surface area contributed by atoms with Crippen LogP contribution < -0.4 is 20.2 Å². The van der Waals surface area contributed by atoms with Gasteiger partial charge in [0.05, 0.1) is 18.5 Å². The lowest BCUT2D eigenvalue weighted by Gasteiger charge is -2.12. The number of aromatic nitrogens is 1. The lowest BCUT2D eigenvalue weighted by Crippen LogP contribution is -2.17. The summed E-state index contributed by atoms with van der Waals surface area (Å²) in [6.07, 6.45) is 1.58. The summed E-state index contributed by atoms with van der Waals surface area (Å²) in [5, 5.41) is 10.2. The highest BCUT2D eigenvalue weighted by Crippen LogP contribution is 2.29. The summed E-state index contributed by atoms with van der Waals surface area (Å²) in [5.74, 6) is 0.962. The first-order chi connectivity index (χ1) is 19.7. The van der Waals surface area contributed by atoms with Gasteiger partial charge >= 0.3 is 0 Å². The average molecular weight is 549 g/mol. The fourth-order valence-corrected chi connectivity index (χ4v) is 4.60. The Labute approximate surface area is 237 Å². The van der Waals surface area contributed by atoms with E-state index in [4.69, 9.17) is 9.47 Å². The van der Waals surface area contributed by atoms with Crippen LogP contribution in [0.15, 0.2) is 114 Å². The van der Waals surface area contributed by atoms with E-state index in [1.165, 1.54) is 11.3 Å². The summed E-state index contributed by atoms with van der Waals surface area (Å²) in [7, 11) is 0. The molecule has 0 unspecified atom stereocenters. The summed E-state index contributed by atoms with van der Waals surface area (Å²) >= 11 is 1.53. The largest absolute Gasteiger partial charge is 0.490 e. The summed E-state index contributed by atoms with van der Waals surface area (Å²) in [6.45, 7) is 2.86. The second-order valence-electron chi connectivity index (χ2n) is 8.72. The molecule has 1 heterocycles. The van der Waals surface area contributed by atoms with Crippen LogP contribution in [0.5, 0.6) is 11.5 Å². The average Bonchev–Trinajstić information content (AvgIpc) is 3.46. The molecular formula is C32H28N4O3S. The normalized spacial score (nSPS) is 10.8. The molecule has 0 bridgehead atoms. The van der Waals surface area contributed by atoms with Crippen molar-refractivity contribution in [3.63, 3.8) is 0 Å². The molecule has 7 nitrogen and oxygen atoms in total. The molecule has 200 valence electrons. The van der Waals surface area contributed by atoms with Crippen LogP contribution in [-0.2, 0) is 6.61 Å². The van der Waals surface area contributed by atoms with Crippen molar-refractivity contribution in [2.75, 3.05) is 11.9 Å². The van der Waals surface area contributed by atoms with E-state index in [1.54, 1.807) is 18.3 Å². The molecule has 40 heavy (non-hydrogen) atoms. The molecule has 0 saturated carbocycles. The minimum atomic E-state index is -0.305. The number of hydrogen-bond donors (Lipinski definition) is 2. The molecule has 5 aromatic rings. The van der Waals surface area contributed by atoms with E-state index in [0.717, 1.165) is 33.2 Å². The van der Waals surface area contributed by atoms with E-state index < -0.39 is 0 Å². The van der Waals surface area contributed by atoms with E-state index in [2.05, 4.69) is 20.8 Å². The van der Waals surface area contributed by atoms with E-state index in [9.17, 15) is 4.79 Å². The molecule has 2 N–H and O–H groups in total. The van der Waals surface area contributed by atoms with Crippen LogP contribution in [0, 0.1) is 0 Å². The number of hydrogen-bond acceptors (Lipinski definition) is 7. The van der Waals surface area contributed by atoms with Gasteiger partial charge in [0, 0.05) is 22.2 Å². The zero-order valence-corrected chi connectivity index (χ0v) is 22.7. The maximum Gasteiger partial charge on any atom is 0.271 e. The van der Waals surface area contributed by atoms with Crippen LogP contribution in [-0.4, -0.2) is 23.7 Å². The molecule has 8 heteroatoms. The topological polar surface area (TPSA) is 84.8 Å². The summed E-state index contributed by atoms with van der Waals surface area (Å²) in [4.78, 5) is 17.3. The van der Waals surface area contributed by atoms with Crippen molar-refractivity contribution in [3.8, 4) is 22.8 Å². The second-order valence-corrected chi connectivity index (χ2v) is 9.58. The molecule has 0 fully saturated rings. The van der Waals surface area contributed by atoms with Gasteiger partial charge in [-0.2, -0.15) is 5.10 Å². The van der Waals surface area contributed by atoms with Gasteiger partial charge in [-0.3, -0.25) is 4.79 Å². The Balaban J connectivity index is 1.17. The van der Waals surface area contributed by atoms with Gasteiger partial charge in [0.1, 0.15) is 6.61 Å². The molecule has 4 aromatic carbocycles. The van der Waals surface area contributed by atoms with Gasteiger partial charge in [0.25, 0.3) is 5.91 Å². The van der Waals surface area contributed by atoms with Gasteiger partial charge in [-0.15, -0.1) is 11.3 Å². The maximum absolute atomic E-state index is 12.6. The minimum Gasteiger partial charge on any atom is -0.490 e. The van der Waals surface area contributed by atoms with Crippen molar-refractivity contribution in [1.82, 2.24) is 10.4 Å². The first-order valence-electron chi connectivity index (χ1n) is 12.8. The van der Waals surface area contributed by atoms with Crippen LogP contribution in [0.2, 0.25) is 0 Å². The molecule has 1 amide bonds. The van der Waals surface area contributed by atoms with E-state index in [0.29, 0.717) is 30.3 Å². The minimum absolute atomic E-state index is 0.305. The van der Waals surface area contributed by atoms with E-state index in [1.807, 2.05) is 103 Å². The Morgan fingerprint density at radius 3 is 2.40 bits per heavy atom. The smallest absolute Gasteiger partial charge is 0.271 e. The van der Waals surface area contributed by atoms with Crippen LogP contribution in [0.3, 0.4) is 0 Å². The fraction of sp³-hybridized carbons (Fsp3) is 0.0938. The number of thiazole rings is 1. The number of benzene rings is 4. The number of nitrogens with zero attached hydrogens (tertiary/aromatic N) is 2. The molecule has 0 saturated heterocycles. The third kappa shape index (κ3) is 7.12. The summed E-state index contributed by atoms with van der Waals surface area (Å²) in [5.41, 5.74) is 7.68. The van der Waals surface area contributed by atoms with Crippen molar-refractivity contribution in [1.29, 1.82) is 0 Å². The fourth-order valence-electron chi connectivity index (χ4n) is 3.86. The number of rotatable bonds is 11. The van der Waals surface area contributed by atoms with Crippen LogP contribution in [0.25, 0.3) is 11.3 Å². The first kappa shape index (κ1) is 26.6. The number of anilines is 2. The van der Waals surface area contributed by atoms with Gasteiger partial charge in [-0.05, 0) is 60.5 Å². The third-order valence-corrected chi connectivity index (χ3v) is 6.61. The number of nitrogens with one attached hydrogen (secondary N) is 2. The third-order valence-electron chi connectivity index (χ3n) is 5.86. The lowest BCUT2D eigenvalue weighted by molar-refractivity contribution is 0.0955. The Morgan fingerprint density at radius 1 is 0.900 bits per heavy atom. The van der Waals surface area contributed by atoms with Crippen molar-refractivity contribution >= 4 is 34.3 Å². The van der Waals surface area contributed by atoms with Crippen molar-refractivity contribution in [2.45, 2.75) is 13.5 Å². The number of para-hydroxylation sites is 1. The van der Waals surface area contributed by atoms with Crippen LogP contribution in [0.1, 0.15) is 28.4 Å². The van der Waals surface area contributed by atoms with Gasteiger partial charge in [0.15, 0.2) is 16.6 Å². The number of carbonyl (C=O) groups is 1. The first-order valence-corrected chi connectivity index (χ1v) is 13.7. The Bertz CT molecular complexity index is 1570. The zero-order chi connectivity index (χ0) is 27.6. The number of carbonyl (C=O) groups excluding carboxylic acids is 1. The second kappa shape index (κ2) is 13.2. The molecule has 1 aromatic heterocycles. The van der Waals surface area contributed by atoms with E-state index >= 15 is 0 Å². The SMILES string of the molecule is CCOc1cc(/C=N\NC(=O)c2ccc(-c3csc(Nc4ccccc4)n3)cc2)ccc1OCc1ccccc1. The van der Waals surface area contributed by atoms with Crippen molar-refractivity contribution in [2.24, 2.45) is 5.10 Å². The lowest BCUT2D eigenvalue weighted by atomic mass is 10.1. The Morgan fingerprint density at radius 2 is 1.65 bits per heavy atom. The van der Waals surface area contributed by atoms with Gasteiger partial charge in [-0.1, -0.05) is 60.7 Å². The van der Waals surface area contributed by atoms with Crippen molar-refractivity contribution in [3.05, 3.63) is 125 Å². The van der Waals surface area contributed by atoms with E-state index in [-0.39, 0.29) is 5.91 Å². The highest BCUT2D eigenvalue weighted by molar-refractivity contribution is 7.14. The highest BCUT2D eigenvalue weighted by Gasteiger charge is 2.09. The molecule has 0 atom stereocenters. The highest BCUT2D eigenvalue weighted by atomic mass is 32.1. The molecule has 0 spiro atoms. The van der Waals surface area contributed by atoms with Crippen LogP contribution >= 0.6 is 11.3 Å². The predicted octanol–water partition coefficient (Wildman–Crippen LogP) is 7.30. The summed E-state index contributed by atoms with van der Waals surface area (Å²) < 4.78 is 11.7. The van der Waals surface area contributed by atoms with Gasteiger partial charge in [0.2, 0.25) is 0 Å². The number of amides is 1. The number of hydrazone groups is 1. The molecular weight excluding hydrogens is 520 g/mol. The Kier molecular flexibility index (Phi) is 8.80. The van der Waals surface area contributed by atoms with Gasteiger partial charge < -0.3 is 14.8 Å². The predicted molar refractivity (Wildman–Crippen MR) is 161 cm³/mol. The quantitative estimate of drug-likeness (QED) is 0.134. The molecule has 0 aliphatic heterocycles. The molecule has 0 aliphatic carbocycles. The Hall–Kier alpha value is -4.95. The standard InChI is InChI=1S/C32H28N4O3S/c1-2-38-30-19-24(13-18-29(30)39-21-23-9-5-3-6-10-23)20-33-36-31(37)26-16-14-25(15-17-26)28-22-40-32(35-28)34-27-11-7-4-8-12-27/h3-20,22H,2,21H2,1H3,(H,34,35)(H,36,37)/b33-20-. The van der Waals surface area contributed by atoms with Crippen molar-refractivity contribution < 1.29 is 14.3 Å². The monoisotopic (exact) mass is 548 g/mol. The zero-order valence-electron chi connectivity index (χ0n) is 21.9. The molecule has 5 rings (SSSR count). The molecule has 0 aliphatic rings. The molecule has 0 radical (unpaired) electrons. The summed E-state index contributed by atoms with van der Waals surface area (Å²) in [6, 6.07) is 32.7.